The minimum Gasteiger partial charge on any atom is -0.468 e. The fourth-order valence-electron chi connectivity index (χ4n) is 12.6. The van der Waals surface area contributed by atoms with Crippen molar-refractivity contribution in [3.8, 4) is 23.0 Å². The van der Waals surface area contributed by atoms with Crippen LogP contribution in [0.5, 0.6) is 11.8 Å². The molecule has 0 radical (unpaired) electrons. The third-order valence-electron chi connectivity index (χ3n) is 17.0. The molecule has 1 saturated carbocycles. The molecule has 0 bridgehead atoms. The minimum atomic E-state index is -0.635. The van der Waals surface area contributed by atoms with Crippen LogP contribution in [-0.4, -0.2) is 152 Å². The van der Waals surface area contributed by atoms with Crippen LogP contribution in [0.25, 0.3) is 32.9 Å². The summed E-state index contributed by atoms with van der Waals surface area (Å²) in [5.74, 6) is -0.175. The summed E-state index contributed by atoms with van der Waals surface area (Å²) in [4.78, 5) is 63.5. The number of ether oxygens (including phenoxy) is 4. The number of piperidine rings is 3. The van der Waals surface area contributed by atoms with Gasteiger partial charge in [-0.3, -0.25) is 29.6 Å². The first kappa shape index (κ1) is 48.8. The van der Waals surface area contributed by atoms with E-state index >= 15 is 8.78 Å². The van der Waals surface area contributed by atoms with E-state index in [0.717, 1.165) is 122 Å². The third kappa shape index (κ3) is 9.40. The van der Waals surface area contributed by atoms with Crippen molar-refractivity contribution in [2.75, 3.05) is 102 Å². The predicted molar refractivity (Wildman–Crippen MR) is 274 cm³/mol. The lowest BCUT2D eigenvalue weighted by atomic mass is 9.86. The Balaban J connectivity index is 0.698. The van der Waals surface area contributed by atoms with E-state index < -0.39 is 17.8 Å². The van der Waals surface area contributed by atoms with Gasteiger partial charge in [-0.05, 0) is 129 Å². The molecule has 3 amide bonds. The van der Waals surface area contributed by atoms with Crippen LogP contribution < -0.4 is 24.6 Å². The second kappa shape index (κ2) is 19.9. The highest BCUT2D eigenvalue weighted by molar-refractivity contribution is 6.06. The Hall–Kier alpha value is -6.08. The van der Waals surface area contributed by atoms with E-state index in [1.54, 1.807) is 23.2 Å². The van der Waals surface area contributed by atoms with Gasteiger partial charge in [0.2, 0.25) is 11.8 Å². The summed E-state index contributed by atoms with van der Waals surface area (Å²) in [5.41, 5.74) is 3.41. The Morgan fingerprint density at radius 1 is 0.865 bits per heavy atom. The average molecular weight is 1010 g/mol. The molecule has 8 heterocycles. The van der Waals surface area contributed by atoms with Crippen LogP contribution in [-0.2, 0) is 32.0 Å². The molecule has 6 fully saturated rings. The fraction of sp³-hybridized carbons (Fsp3) is 0.536. The van der Waals surface area contributed by atoms with E-state index in [4.69, 9.17) is 33.9 Å². The maximum Gasteiger partial charge on any atom is 0.319 e. The number of likely N-dealkylation sites (tertiary alicyclic amines) is 1. The zero-order chi connectivity index (χ0) is 50.7. The van der Waals surface area contributed by atoms with Crippen molar-refractivity contribution >= 4 is 50.9 Å². The lowest BCUT2D eigenvalue weighted by Crippen LogP contribution is -2.56. The lowest BCUT2D eigenvalue weighted by Gasteiger charge is -2.48. The van der Waals surface area contributed by atoms with Crippen molar-refractivity contribution in [2.45, 2.75) is 89.3 Å². The van der Waals surface area contributed by atoms with Crippen molar-refractivity contribution < 1.29 is 42.1 Å². The van der Waals surface area contributed by atoms with Crippen LogP contribution in [0.4, 0.5) is 20.3 Å². The first-order valence-corrected chi connectivity index (χ1v) is 26.7. The summed E-state index contributed by atoms with van der Waals surface area (Å²) in [6.45, 7) is 12.6. The number of aromatic nitrogens is 3. The van der Waals surface area contributed by atoms with Gasteiger partial charge >= 0.3 is 6.01 Å². The highest BCUT2D eigenvalue weighted by Gasteiger charge is 2.47. The number of pyridine rings is 1. The molecule has 390 valence electrons. The topological polar surface area (TPSA) is 155 Å². The first-order chi connectivity index (χ1) is 36.0. The predicted octanol–water partition coefficient (Wildman–Crippen LogP) is 6.88. The number of piperazine rings is 1. The molecular formula is C56H65F2N9O7. The van der Waals surface area contributed by atoms with Crippen LogP contribution in [0.2, 0.25) is 0 Å². The maximum absolute atomic E-state index is 17.5. The number of amides is 3. The van der Waals surface area contributed by atoms with Gasteiger partial charge in [0.05, 0.1) is 24.2 Å². The molecule has 18 heteroatoms. The number of halogens is 2. The molecule has 7 aliphatic rings. The van der Waals surface area contributed by atoms with E-state index in [1.807, 2.05) is 25.1 Å². The standard InChI is InChI=1S/C56H65F2N9O7/c1-3-40-44(57)8-5-36-26-39(73-34-71-2)27-42(47(36)40)49-48(58)50-43(28-59-49)51(66-17-4-13-56(32-66)16-24-74-56)62-54(61-50)72-33-55(14-15-55)31-64-18-11-35(12-19-64)29-63-20-22-65(23-21-63)38-6-7-41-37(25-38)30-67(53(41)70)45-9-10-46(68)60-52(45)69/h5-8,25-28,35,45H,3-4,9-24,29-34H2,1-2H3,(H,60,68,69)/t45-,56-/m0/s1. The quantitative estimate of drug-likeness (QED) is 0.0856. The van der Waals surface area contributed by atoms with Crippen LogP contribution in [0.15, 0.2) is 48.7 Å². The Kier molecular flexibility index (Phi) is 13.1. The molecule has 1 N–H and O–H groups in total. The van der Waals surface area contributed by atoms with Crippen LogP contribution in [0, 0.1) is 23.0 Å². The molecule has 74 heavy (non-hydrogen) atoms. The van der Waals surface area contributed by atoms with Crippen LogP contribution in [0.1, 0.15) is 86.2 Å². The van der Waals surface area contributed by atoms with Crippen molar-refractivity contribution in [1.29, 1.82) is 0 Å². The zero-order valence-corrected chi connectivity index (χ0v) is 42.4. The number of imide groups is 1. The number of hydrogen-bond acceptors (Lipinski definition) is 14. The number of fused-ring (bicyclic) bond motifs is 3. The number of benzene rings is 3. The van der Waals surface area contributed by atoms with Crippen molar-refractivity contribution in [3.05, 3.63) is 77.0 Å². The van der Waals surface area contributed by atoms with Gasteiger partial charge in [0, 0.05) is 107 Å². The van der Waals surface area contributed by atoms with Crippen LogP contribution >= 0.6 is 0 Å². The Morgan fingerprint density at radius 3 is 2.43 bits per heavy atom. The number of rotatable bonds is 15. The van der Waals surface area contributed by atoms with Crippen molar-refractivity contribution in [3.63, 3.8) is 0 Å². The second-order valence-corrected chi connectivity index (χ2v) is 21.9. The molecule has 0 unspecified atom stereocenters. The van der Waals surface area contributed by atoms with Crippen molar-refractivity contribution in [1.82, 2.24) is 35.0 Å². The molecule has 5 saturated heterocycles. The van der Waals surface area contributed by atoms with Gasteiger partial charge in [0.1, 0.15) is 34.6 Å². The van der Waals surface area contributed by atoms with Gasteiger partial charge in [-0.15, -0.1) is 0 Å². The molecule has 1 aliphatic carbocycles. The van der Waals surface area contributed by atoms with Gasteiger partial charge in [-0.1, -0.05) is 13.0 Å². The Bertz CT molecular complexity index is 3010. The first-order valence-electron chi connectivity index (χ1n) is 26.7. The number of anilines is 2. The lowest BCUT2D eigenvalue weighted by molar-refractivity contribution is -0.151. The molecule has 6 aliphatic heterocycles. The molecular weight excluding hydrogens is 949 g/mol. The SMILES string of the molecule is CCc1c(F)ccc2cc(OCOC)cc(-c3ncc4c(N5CCC[C@]6(CCO6)C5)nc(OCC5(CN6CCC(CN7CCN(c8ccc9c(c8)CN([C@H]8CCC(=O)NC8=O)C9=O)CC7)CC6)CC5)nc4c3F)c12. The van der Waals surface area contributed by atoms with Gasteiger partial charge < -0.3 is 38.5 Å². The summed E-state index contributed by atoms with van der Waals surface area (Å²) < 4.78 is 56.7. The van der Waals surface area contributed by atoms with E-state index in [-0.39, 0.29) is 59.1 Å². The summed E-state index contributed by atoms with van der Waals surface area (Å²) in [6, 6.07) is 12.2. The average Bonchev–Trinajstić information content (AvgIpc) is 4.10. The van der Waals surface area contributed by atoms with E-state index in [1.165, 1.54) is 13.2 Å². The molecule has 5 aromatic rings. The van der Waals surface area contributed by atoms with Gasteiger partial charge in [-0.2, -0.15) is 9.97 Å². The number of hydrogen-bond donors (Lipinski definition) is 1. The van der Waals surface area contributed by atoms with E-state index in [0.29, 0.717) is 82.9 Å². The van der Waals surface area contributed by atoms with E-state index in [2.05, 4.69) is 31.0 Å². The third-order valence-corrected chi connectivity index (χ3v) is 17.0. The summed E-state index contributed by atoms with van der Waals surface area (Å²) >= 11 is 0. The smallest absolute Gasteiger partial charge is 0.319 e. The summed E-state index contributed by atoms with van der Waals surface area (Å²) in [7, 11) is 1.53. The number of methoxy groups -OCH3 is 1. The zero-order valence-electron chi connectivity index (χ0n) is 42.4. The maximum atomic E-state index is 17.5. The van der Waals surface area contributed by atoms with Crippen LogP contribution in [0.3, 0.4) is 0 Å². The highest BCUT2D eigenvalue weighted by atomic mass is 19.1. The molecule has 16 nitrogen and oxygen atoms in total. The summed E-state index contributed by atoms with van der Waals surface area (Å²) in [6.07, 6.45) is 9.83. The van der Waals surface area contributed by atoms with Gasteiger partial charge in [-0.25, -0.2) is 8.78 Å². The normalized spacial score (nSPS) is 23.4. The Labute approximate surface area is 429 Å². The monoisotopic (exact) mass is 1010 g/mol. The summed E-state index contributed by atoms with van der Waals surface area (Å²) in [5, 5.41) is 4.14. The second-order valence-electron chi connectivity index (χ2n) is 21.9. The van der Waals surface area contributed by atoms with Crippen molar-refractivity contribution in [2.24, 2.45) is 11.3 Å². The molecule has 12 rings (SSSR count). The minimum absolute atomic E-state index is 0.0123. The number of nitrogens with one attached hydrogen (secondary N) is 1. The van der Waals surface area contributed by atoms with Gasteiger partial charge in [0.15, 0.2) is 12.6 Å². The van der Waals surface area contributed by atoms with E-state index in [9.17, 15) is 14.4 Å². The molecule has 1 spiro atoms. The fourth-order valence-corrected chi connectivity index (χ4v) is 12.6. The molecule has 3 aromatic carbocycles. The highest BCUT2D eigenvalue weighted by Crippen LogP contribution is 2.48. The molecule has 2 atom stereocenters. The number of aryl methyl sites for hydroxylation is 1. The Morgan fingerprint density at radius 2 is 1.69 bits per heavy atom. The largest absolute Gasteiger partial charge is 0.468 e. The number of nitrogens with zero attached hydrogens (tertiary/aromatic N) is 8. The molecule has 2 aromatic heterocycles. The number of carbonyl (C=O) groups excluding carboxylic acids is 3. The number of carbonyl (C=O) groups is 3. The van der Waals surface area contributed by atoms with Gasteiger partial charge in [0.25, 0.3) is 5.91 Å².